The molecule has 0 radical (unpaired) electrons. The molecule has 2 N–H and O–H groups in total. The van der Waals surface area contributed by atoms with Crippen molar-refractivity contribution in [3.05, 3.63) is 11.4 Å². The highest BCUT2D eigenvalue weighted by Gasteiger charge is 2.22. The Hall–Kier alpha value is -1.50. The molecule has 0 aliphatic heterocycles. The van der Waals surface area contributed by atoms with Crippen molar-refractivity contribution in [1.82, 2.24) is 15.3 Å². The van der Waals surface area contributed by atoms with Crippen LogP contribution in [0.3, 0.4) is 0 Å². The SMILES string of the molecule is CCOc1nc(CC)c(CNC(=O)C(CC(C)C)SC(C)=O)[nH]1. The fraction of sp³-hybridized carbons (Fsp3) is 0.688. The maximum absolute atomic E-state index is 12.4. The van der Waals surface area contributed by atoms with Gasteiger partial charge in [0.15, 0.2) is 5.12 Å². The minimum Gasteiger partial charge on any atom is -0.465 e. The summed E-state index contributed by atoms with van der Waals surface area (Å²) in [6, 6.07) is 0.477. The third kappa shape index (κ3) is 6.64. The molecule has 1 unspecified atom stereocenters. The van der Waals surface area contributed by atoms with Crippen LogP contribution in [0.1, 0.15) is 52.4 Å². The molecule has 0 saturated heterocycles. The summed E-state index contributed by atoms with van der Waals surface area (Å²) in [5.74, 6) is 0.231. The summed E-state index contributed by atoms with van der Waals surface area (Å²) in [6.45, 7) is 10.4. The highest BCUT2D eigenvalue weighted by Crippen LogP contribution is 2.20. The number of hydrogen-bond acceptors (Lipinski definition) is 5. The molecular weight excluding hydrogens is 314 g/mol. The first kappa shape index (κ1) is 19.5. The second-order valence-electron chi connectivity index (χ2n) is 5.70. The van der Waals surface area contributed by atoms with Crippen LogP contribution in [0.15, 0.2) is 0 Å². The van der Waals surface area contributed by atoms with Crippen molar-refractivity contribution < 1.29 is 14.3 Å². The van der Waals surface area contributed by atoms with Gasteiger partial charge in [0.1, 0.15) is 0 Å². The number of H-pyrrole nitrogens is 1. The third-order valence-corrected chi connectivity index (χ3v) is 4.21. The zero-order valence-corrected chi connectivity index (χ0v) is 15.4. The lowest BCUT2D eigenvalue weighted by molar-refractivity contribution is -0.121. The molecular formula is C16H27N3O3S. The van der Waals surface area contributed by atoms with E-state index in [0.29, 0.717) is 31.5 Å². The summed E-state index contributed by atoms with van der Waals surface area (Å²) in [7, 11) is 0. The van der Waals surface area contributed by atoms with E-state index in [2.05, 4.69) is 15.3 Å². The zero-order valence-electron chi connectivity index (χ0n) is 14.6. The van der Waals surface area contributed by atoms with E-state index in [9.17, 15) is 9.59 Å². The zero-order chi connectivity index (χ0) is 17.4. The minimum atomic E-state index is -0.355. The Morgan fingerprint density at radius 2 is 2.04 bits per heavy atom. The smallest absolute Gasteiger partial charge is 0.294 e. The largest absolute Gasteiger partial charge is 0.465 e. The molecule has 0 aliphatic rings. The van der Waals surface area contributed by atoms with Crippen molar-refractivity contribution in [3.8, 4) is 6.01 Å². The molecule has 1 rings (SSSR count). The summed E-state index contributed by atoms with van der Waals surface area (Å²) in [5.41, 5.74) is 1.73. The lowest BCUT2D eigenvalue weighted by Gasteiger charge is -2.16. The highest BCUT2D eigenvalue weighted by atomic mass is 32.2. The van der Waals surface area contributed by atoms with Crippen molar-refractivity contribution in [2.24, 2.45) is 5.92 Å². The van der Waals surface area contributed by atoms with Gasteiger partial charge in [-0.2, -0.15) is 0 Å². The Morgan fingerprint density at radius 1 is 1.35 bits per heavy atom. The molecule has 1 aromatic heterocycles. The van der Waals surface area contributed by atoms with Gasteiger partial charge in [-0.25, -0.2) is 4.98 Å². The van der Waals surface area contributed by atoms with Crippen LogP contribution in [0.25, 0.3) is 0 Å². The number of carbonyl (C=O) groups excluding carboxylic acids is 2. The second kappa shape index (κ2) is 9.60. The van der Waals surface area contributed by atoms with Crippen LogP contribution in [0.5, 0.6) is 6.01 Å². The summed E-state index contributed by atoms with van der Waals surface area (Å²) in [5, 5.41) is 2.50. The number of rotatable bonds is 9. The van der Waals surface area contributed by atoms with Crippen LogP contribution in [0.4, 0.5) is 0 Å². The number of nitrogens with one attached hydrogen (secondary N) is 2. The predicted octanol–water partition coefficient (Wildman–Crippen LogP) is 2.68. The molecule has 7 heteroatoms. The maximum atomic E-state index is 12.4. The molecule has 6 nitrogen and oxygen atoms in total. The monoisotopic (exact) mass is 341 g/mol. The molecule has 0 fully saturated rings. The van der Waals surface area contributed by atoms with E-state index in [1.54, 1.807) is 0 Å². The Bertz CT molecular complexity index is 529. The van der Waals surface area contributed by atoms with Gasteiger partial charge in [0, 0.05) is 6.92 Å². The van der Waals surface area contributed by atoms with E-state index in [4.69, 9.17) is 4.74 Å². The van der Waals surface area contributed by atoms with Gasteiger partial charge in [-0.15, -0.1) is 0 Å². The Balaban J connectivity index is 2.70. The van der Waals surface area contributed by atoms with Crippen LogP contribution in [0.2, 0.25) is 0 Å². The molecule has 0 bridgehead atoms. The van der Waals surface area contributed by atoms with Gasteiger partial charge in [0.25, 0.3) is 6.01 Å². The number of ether oxygens (including phenoxy) is 1. The van der Waals surface area contributed by atoms with Crippen LogP contribution in [-0.4, -0.2) is 32.8 Å². The van der Waals surface area contributed by atoms with Gasteiger partial charge in [0.2, 0.25) is 5.91 Å². The normalized spacial score (nSPS) is 12.3. The van der Waals surface area contributed by atoms with E-state index in [1.165, 1.54) is 6.92 Å². The van der Waals surface area contributed by atoms with Gasteiger partial charge in [-0.3, -0.25) is 9.59 Å². The number of aromatic amines is 1. The van der Waals surface area contributed by atoms with E-state index in [1.807, 2.05) is 27.7 Å². The number of imidazole rings is 1. The molecule has 0 saturated carbocycles. The minimum absolute atomic E-state index is 0.0415. The van der Waals surface area contributed by atoms with Crippen LogP contribution >= 0.6 is 11.8 Å². The average molecular weight is 341 g/mol. The fourth-order valence-electron chi connectivity index (χ4n) is 2.19. The first-order valence-electron chi connectivity index (χ1n) is 8.02. The average Bonchev–Trinajstić information content (AvgIpc) is 2.85. The molecule has 1 heterocycles. The summed E-state index contributed by atoms with van der Waals surface area (Å²) >= 11 is 1.09. The van der Waals surface area contributed by atoms with Gasteiger partial charge >= 0.3 is 0 Å². The van der Waals surface area contributed by atoms with Crippen LogP contribution < -0.4 is 10.1 Å². The van der Waals surface area contributed by atoms with Crippen molar-refractivity contribution in [2.45, 2.75) is 59.3 Å². The Labute approximate surface area is 142 Å². The molecule has 0 aromatic carbocycles. The van der Waals surface area contributed by atoms with Crippen LogP contribution in [0, 0.1) is 5.92 Å². The lowest BCUT2D eigenvalue weighted by atomic mass is 10.1. The number of hydrogen-bond donors (Lipinski definition) is 2. The molecule has 0 spiro atoms. The number of aromatic nitrogens is 2. The molecule has 130 valence electrons. The number of carbonyl (C=O) groups is 2. The molecule has 23 heavy (non-hydrogen) atoms. The molecule has 1 atom stereocenters. The number of aryl methyl sites for hydroxylation is 1. The quantitative estimate of drug-likeness (QED) is 0.721. The van der Waals surface area contributed by atoms with E-state index in [0.717, 1.165) is 29.6 Å². The second-order valence-corrected chi connectivity index (χ2v) is 7.08. The van der Waals surface area contributed by atoms with E-state index < -0.39 is 0 Å². The number of amides is 1. The highest BCUT2D eigenvalue weighted by molar-refractivity contribution is 8.14. The Morgan fingerprint density at radius 3 is 2.57 bits per heavy atom. The fourth-order valence-corrected chi connectivity index (χ4v) is 3.26. The lowest BCUT2D eigenvalue weighted by Crippen LogP contribution is -2.34. The first-order chi connectivity index (χ1) is 10.9. The van der Waals surface area contributed by atoms with Gasteiger partial charge in [-0.1, -0.05) is 32.5 Å². The number of nitrogens with zero attached hydrogens (tertiary/aromatic N) is 1. The third-order valence-electron chi connectivity index (χ3n) is 3.18. The van der Waals surface area contributed by atoms with Crippen molar-refractivity contribution in [1.29, 1.82) is 0 Å². The topological polar surface area (TPSA) is 84.1 Å². The first-order valence-corrected chi connectivity index (χ1v) is 8.90. The predicted molar refractivity (Wildman–Crippen MR) is 92.5 cm³/mol. The van der Waals surface area contributed by atoms with Crippen molar-refractivity contribution in [2.75, 3.05) is 6.61 Å². The maximum Gasteiger partial charge on any atom is 0.294 e. The summed E-state index contributed by atoms with van der Waals surface area (Å²) in [6.07, 6.45) is 1.43. The summed E-state index contributed by atoms with van der Waals surface area (Å²) in [4.78, 5) is 31.1. The molecule has 0 aliphatic carbocycles. The van der Waals surface area contributed by atoms with Crippen LogP contribution in [-0.2, 0) is 22.6 Å². The molecule has 1 amide bonds. The van der Waals surface area contributed by atoms with E-state index in [-0.39, 0.29) is 16.3 Å². The molecule has 1 aromatic rings. The van der Waals surface area contributed by atoms with E-state index >= 15 is 0 Å². The van der Waals surface area contributed by atoms with Gasteiger partial charge < -0.3 is 15.0 Å². The standard InChI is InChI=1S/C16H27N3O3S/c1-6-12-13(19-16(18-12)22-7-2)9-17-15(21)14(8-10(3)4)23-11(5)20/h10,14H,6-9H2,1-5H3,(H,17,21)(H,18,19). The summed E-state index contributed by atoms with van der Waals surface area (Å²) < 4.78 is 5.36. The van der Waals surface area contributed by atoms with Gasteiger partial charge in [-0.05, 0) is 25.7 Å². The number of thioether (sulfide) groups is 1. The van der Waals surface area contributed by atoms with Crippen molar-refractivity contribution in [3.63, 3.8) is 0 Å². The Kier molecular flexibility index (Phi) is 8.16. The van der Waals surface area contributed by atoms with Crippen molar-refractivity contribution >= 4 is 22.8 Å². The van der Waals surface area contributed by atoms with Gasteiger partial charge in [0.05, 0.1) is 29.8 Å².